The van der Waals surface area contributed by atoms with Gasteiger partial charge in [0.2, 0.25) is 0 Å². The first-order valence-corrected chi connectivity index (χ1v) is 15.4. The standard InChI is InChI=1S/C33H34N4O3S/c38-30(24-10-4-1-5-11-24)23-41-33-34-29-22-25(16-17-28(29)32(40)37(33)27-14-8-3-9-15-27)31(39)36-20-18-35(19-21-36)26-12-6-2-7-13-26/h1-2,4-7,10-13,16-17,22,27H,3,8-9,14-15,18-21,23H2. The topological polar surface area (TPSA) is 75.5 Å². The number of rotatable bonds is 7. The van der Waals surface area contributed by atoms with Crippen LogP contribution in [0.1, 0.15) is 58.9 Å². The highest BCUT2D eigenvalue weighted by Gasteiger charge is 2.25. The van der Waals surface area contributed by atoms with Crippen LogP contribution in [0.3, 0.4) is 0 Å². The summed E-state index contributed by atoms with van der Waals surface area (Å²) in [6.45, 7) is 2.80. The van der Waals surface area contributed by atoms with Crippen molar-refractivity contribution in [3.05, 3.63) is 100 Å². The highest BCUT2D eigenvalue weighted by atomic mass is 32.2. The van der Waals surface area contributed by atoms with Gasteiger partial charge in [0, 0.05) is 49.0 Å². The lowest BCUT2D eigenvalue weighted by Gasteiger charge is -2.36. The Balaban J connectivity index is 1.26. The predicted molar refractivity (Wildman–Crippen MR) is 164 cm³/mol. The molecule has 210 valence electrons. The number of thioether (sulfide) groups is 1. The fourth-order valence-electron chi connectivity index (χ4n) is 5.90. The Hall–Kier alpha value is -3.91. The van der Waals surface area contributed by atoms with Crippen molar-refractivity contribution < 1.29 is 9.59 Å². The van der Waals surface area contributed by atoms with Crippen molar-refractivity contribution in [2.24, 2.45) is 0 Å². The number of hydrogen-bond acceptors (Lipinski definition) is 6. The number of carbonyl (C=O) groups excluding carboxylic acids is 2. The molecule has 0 atom stereocenters. The third kappa shape index (κ3) is 5.93. The molecule has 7 nitrogen and oxygen atoms in total. The summed E-state index contributed by atoms with van der Waals surface area (Å²) in [5.41, 5.74) is 2.76. The second-order valence-electron chi connectivity index (χ2n) is 10.8. The van der Waals surface area contributed by atoms with E-state index in [0.717, 1.165) is 38.8 Å². The van der Waals surface area contributed by atoms with Gasteiger partial charge in [0.1, 0.15) is 0 Å². The summed E-state index contributed by atoms with van der Waals surface area (Å²) >= 11 is 1.31. The number of anilines is 1. The molecule has 1 aromatic heterocycles. The number of ketones is 1. The van der Waals surface area contributed by atoms with Crippen molar-refractivity contribution >= 4 is 40.0 Å². The highest BCUT2D eigenvalue weighted by molar-refractivity contribution is 7.99. The van der Waals surface area contributed by atoms with Crippen LogP contribution in [0.5, 0.6) is 0 Å². The maximum absolute atomic E-state index is 13.8. The summed E-state index contributed by atoms with van der Waals surface area (Å²) in [5, 5.41) is 1.07. The van der Waals surface area contributed by atoms with E-state index >= 15 is 0 Å². The molecule has 1 saturated heterocycles. The number of fused-ring (bicyclic) bond motifs is 1. The first-order valence-electron chi connectivity index (χ1n) is 14.4. The third-order valence-corrected chi connectivity index (χ3v) is 9.12. The average Bonchev–Trinajstić information content (AvgIpc) is 3.04. The molecular formula is C33H34N4O3S. The molecule has 0 N–H and O–H groups in total. The summed E-state index contributed by atoms with van der Waals surface area (Å²) in [6.07, 6.45) is 5.18. The molecule has 1 saturated carbocycles. The monoisotopic (exact) mass is 566 g/mol. The minimum atomic E-state index is -0.0907. The molecule has 0 bridgehead atoms. The average molecular weight is 567 g/mol. The number of para-hydroxylation sites is 1. The van der Waals surface area contributed by atoms with E-state index in [0.29, 0.717) is 40.3 Å². The summed E-state index contributed by atoms with van der Waals surface area (Å²) in [6, 6.07) is 24.8. The Labute approximate surface area is 244 Å². The third-order valence-electron chi connectivity index (χ3n) is 8.17. The predicted octanol–water partition coefficient (Wildman–Crippen LogP) is 5.84. The summed E-state index contributed by atoms with van der Waals surface area (Å²) < 4.78 is 1.81. The van der Waals surface area contributed by atoms with Crippen LogP contribution in [0.2, 0.25) is 0 Å². The number of hydrogen-bond donors (Lipinski definition) is 0. The Morgan fingerprint density at radius 2 is 1.49 bits per heavy atom. The molecule has 3 aromatic carbocycles. The minimum Gasteiger partial charge on any atom is -0.368 e. The summed E-state index contributed by atoms with van der Waals surface area (Å²) in [4.78, 5) is 49.3. The van der Waals surface area contributed by atoms with Gasteiger partial charge in [-0.05, 0) is 43.2 Å². The highest BCUT2D eigenvalue weighted by Crippen LogP contribution is 2.31. The van der Waals surface area contributed by atoms with E-state index in [1.54, 1.807) is 18.2 Å². The van der Waals surface area contributed by atoms with Crippen LogP contribution >= 0.6 is 11.8 Å². The van der Waals surface area contributed by atoms with Gasteiger partial charge in [0.05, 0.1) is 16.7 Å². The molecule has 6 rings (SSSR count). The molecule has 0 spiro atoms. The van der Waals surface area contributed by atoms with Crippen LogP contribution in [0, 0.1) is 0 Å². The first-order chi connectivity index (χ1) is 20.1. The maximum atomic E-state index is 13.8. The molecule has 0 radical (unpaired) electrons. The van der Waals surface area contributed by atoms with Gasteiger partial charge >= 0.3 is 0 Å². The van der Waals surface area contributed by atoms with Gasteiger partial charge in [-0.15, -0.1) is 0 Å². The van der Waals surface area contributed by atoms with Crippen LogP contribution in [-0.4, -0.2) is 58.1 Å². The molecule has 2 heterocycles. The largest absolute Gasteiger partial charge is 0.368 e. The quantitative estimate of drug-likeness (QED) is 0.159. The minimum absolute atomic E-state index is 0.00119. The number of amides is 1. The fraction of sp³-hybridized carbons (Fsp3) is 0.333. The van der Waals surface area contributed by atoms with Gasteiger partial charge < -0.3 is 9.80 Å². The Kier molecular flexibility index (Phi) is 8.19. The molecule has 4 aromatic rings. The molecule has 2 aliphatic rings. The zero-order valence-corrected chi connectivity index (χ0v) is 23.9. The summed E-state index contributed by atoms with van der Waals surface area (Å²) in [5.74, 6) is 0.143. The molecule has 0 unspecified atom stereocenters. The Morgan fingerprint density at radius 3 is 2.20 bits per heavy atom. The summed E-state index contributed by atoms with van der Waals surface area (Å²) in [7, 11) is 0. The van der Waals surface area contributed by atoms with E-state index in [1.165, 1.54) is 23.9 Å². The van der Waals surface area contributed by atoms with Crippen molar-refractivity contribution in [1.29, 1.82) is 0 Å². The molecule has 1 aliphatic heterocycles. The van der Waals surface area contributed by atoms with Crippen LogP contribution < -0.4 is 10.5 Å². The van der Waals surface area contributed by atoms with Crippen LogP contribution in [-0.2, 0) is 0 Å². The number of piperazine rings is 1. The second kappa shape index (κ2) is 12.3. The zero-order valence-electron chi connectivity index (χ0n) is 23.1. The van der Waals surface area contributed by atoms with Crippen molar-refractivity contribution in [3.8, 4) is 0 Å². The number of aromatic nitrogens is 2. The fourth-order valence-corrected chi connectivity index (χ4v) is 6.86. The van der Waals surface area contributed by atoms with Gasteiger partial charge in [0.25, 0.3) is 11.5 Å². The smallest absolute Gasteiger partial charge is 0.262 e. The number of benzene rings is 3. The van der Waals surface area contributed by atoms with E-state index in [2.05, 4.69) is 17.0 Å². The van der Waals surface area contributed by atoms with Crippen LogP contribution in [0.25, 0.3) is 10.9 Å². The first kappa shape index (κ1) is 27.3. The molecule has 1 aliphatic carbocycles. The Morgan fingerprint density at radius 1 is 0.805 bits per heavy atom. The van der Waals surface area contributed by atoms with Crippen molar-refractivity contribution in [3.63, 3.8) is 0 Å². The number of Topliss-reactive ketones (excluding diaryl/α,β-unsaturated/α-hetero) is 1. The van der Waals surface area contributed by atoms with Crippen LogP contribution in [0.4, 0.5) is 5.69 Å². The Bertz CT molecular complexity index is 1590. The molecule has 8 heteroatoms. The van der Waals surface area contributed by atoms with Gasteiger partial charge in [-0.3, -0.25) is 19.0 Å². The van der Waals surface area contributed by atoms with Crippen molar-refractivity contribution in [2.45, 2.75) is 43.3 Å². The second-order valence-corrected chi connectivity index (χ2v) is 11.7. The van der Waals surface area contributed by atoms with E-state index < -0.39 is 0 Å². The van der Waals surface area contributed by atoms with Crippen molar-refractivity contribution in [1.82, 2.24) is 14.5 Å². The molecule has 2 fully saturated rings. The van der Waals surface area contributed by atoms with Gasteiger partial charge in [-0.2, -0.15) is 0 Å². The zero-order chi connectivity index (χ0) is 28.2. The maximum Gasteiger partial charge on any atom is 0.262 e. The van der Waals surface area contributed by atoms with Gasteiger partial charge in [0.15, 0.2) is 10.9 Å². The molecular weight excluding hydrogens is 532 g/mol. The number of carbonyl (C=O) groups is 2. The molecule has 1 amide bonds. The van der Waals surface area contributed by atoms with Gasteiger partial charge in [-0.25, -0.2) is 4.98 Å². The lowest BCUT2D eigenvalue weighted by atomic mass is 9.95. The number of nitrogens with zero attached hydrogens (tertiary/aromatic N) is 4. The van der Waals surface area contributed by atoms with E-state index in [-0.39, 0.29) is 29.0 Å². The van der Waals surface area contributed by atoms with E-state index in [1.807, 2.05) is 58.0 Å². The lowest BCUT2D eigenvalue weighted by molar-refractivity contribution is 0.0746. The van der Waals surface area contributed by atoms with E-state index in [4.69, 9.17) is 4.98 Å². The van der Waals surface area contributed by atoms with Crippen LogP contribution in [0.15, 0.2) is 88.8 Å². The normalized spacial score (nSPS) is 16.2. The van der Waals surface area contributed by atoms with Crippen molar-refractivity contribution in [2.75, 3.05) is 36.8 Å². The van der Waals surface area contributed by atoms with E-state index in [9.17, 15) is 14.4 Å². The SMILES string of the molecule is O=C(CSc1nc2cc(C(=O)N3CCN(c4ccccc4)CC3)ccc2c(=O)n1C1CCCCC1)c1ccccc1. The lowest BCUT2D eigenvalue weighted by Crippen LogP contribution is -2.48. The molecule has 41 heavy (non-hydrogen) atoms. The van der Waals surface area contributed by atoms with Gasteiger partial charge in [-0.1, -0.05) is 79.6 Å².